The van der Waals surface area contributed by atoms with Crippen LogP contribution in [0.4, 0.5) is 17.1 Å². The van der Waals surface area contributed by atoms with Crippen molar-refractivity contribution in [3.05, 3.63) is 66.2 Å². The summed E-state index contributed by atoms with van der Waals surface area (Å²) in [5, 5.41) is 16.7. The second-order valence-corrected chi connectivity index (χ2v) is 9.35. The maximum absolute atomic E-state index is 12.7. The molecule has 1 amide bonds. The van der Waals surface area contributed by atoms with Gasteiger partial charge in [0.15, 0.2) is 0 Å². The van der Waals surface area contributed by atoms with Crippen LogP contribution in [0.2, 0.25) is 0 Å². The Kier molecular flexibility index (Phi) is 6.53. The molecule has 0 unspecified atom stereocenters. The Labute approximate surface area is 196 Å². The molecule has 0 saturated heterocycles. The molecular weight excluding hydrogens is 456 g/mol. The van der Waals surface area contributed by atoms with E-state index in [1.165, 1.54) is 7.11 Å². The fourth-order valence-electron chi connectivity index (χ4n) is 3.70. The molecule has 0 aliphatic rings. The molecule has 176 valence electrons. The average Bonchev–Trinajstić information content (AvgIpc) is 2.81. The summed E-state index contributed by atoms with van der Waals surface area (Å²) in [6.45, 7) is -0.0252. The van der Waals surface area contributed by atoms with E-state index in [0.717, 1.165) is 22.7 Å². The summed E-state index contributed by atoms with van der Waals surface area (Å²) in [4.78, 5) is 17.5. The summed E-state index contributed by atoms with van der Waals surface area (Å²) in [6, 6.07) is 17.8. The fourth-order valence-corrected chi connectivity index (χ4v) is 4.26. The van der Waals surface area contributed by atoms with E-state index in [2.05, 4.69) is 15.4 Å². The molecule has 0 saturated carbocycles. The van der Waals surface area contributed by atoms with Gasteiger partial charge in [0.05, 0.1) is 53.6 Å². The van der Waals surface area contributed by atoms with Crippen LogP contribution >= 0.6 is 0 Å². The molecule has 0 spiro atoms. The highest BCUT2D eigenvalue weighted by Gasteiger charge is 2.17. The third-order valence-corrected chi connectivity index (χ3v) is 5.72. The van der Waals surface area contributed by atoms with Crippen LogP contribution in [0.3, 0.4) is 0 Å². The normalized spacial score (nSPS) is 11.4. The van der Waals surface area contributed by atoms with E-state index in [1.807, 2.05) is 30.3 Å². The molecule has 34 heavy (non-hydrogen) atoms. The van der Waals surface area contributed by atoms with E-state index >= 15 is 0 Å². The Hall–Kier alpha value is -3.89. The summed E-state index contributed by atoms with van der Waals surface area (Å²) in [7, 11) is -1.94. The van der Waals surface area contributed by atoms with Crippen LogP contribution in [0.5, 0.6) is 5.75 Å². The van der Waals surface area contributed by atoms with Crippen molar-refractivity contribution in [2.45, 2.75) is 0 Å². The van der Waals surface area contributed by atoms with Crippen LogP contribution in [-0.2, 0) is 10.0 Å². The van der Waals surface area contributed by atoms with Gasteiger partial charge in [0.2, 0.25) is 10.0 Å². The lowest BCUT2D eigenvalue weighted by molar-refractivity contribution is 0.0946. The summed E-state index contributed by atoms with van der Waals surface area (Å²) < 4.78 is 31.1. The molecule has 10 heteroatoms. The SMILES string of the molecule is COc1cc(NS(C)(=O)=O)ccc1Nc1c2ccccc2nc2c(C(=O)NCCO)cccc12. The van der Waals surface area contributed by atoms with Crippen molar-refractivity contribution in [1.29, 1.82) is 0 Å². The van der Waals surface area contributed by atoms with Crippen molar-refractivity contribution in [3.8, 4) is 5.75 Å². The predicted octanol–water partition coefficient (Wildman–Crippen LogP) is 3.23. The lowest BCUT2D eigenvalue weighted by Crippen LogP contribution is -2.26. The van der Waals surface area contributed by atoms with Gasteiger partial charge in [-0.1, -0.05) is 30.3 Å². The van der Waals surface area contributed by atoms with Gasteiger partial charge in [0.1, 0.15) is 5.75 Å². The highest BCUT2D eigenvalue weighted by Crippen LogP contribution is 2.37. The Morgan fingerprint density at radius 1 is 1.06 bits per heavy atom. The number of nitrogens with zero attached hydrogens (tertiary/aromatic N) is 1. The summed E-state index contributed by atoms with van der Waals surface area (Å²) >= 11 is 0. The van der Waals surface area contributed by atoms with Crippen LogP contribution in [0.15, 0.2) is 60.7 Å². The number of aliphatic hydroxyl groups excluding tert-OH is 1. The van der Waals surface area contributed by atoms with E-state index in [0.29, 0.717) is 33.7 Å². The molecule has 1 heterocycles. The van der Waals surface area contributed by atoms with E-state index < -0.39 is 10.0 Å². The number of rotatable bonds is 8. The summed E-state index contributed by atoms with van der Waals surface area (Å²) in [6.07, 6.45) is 1.08. The van der Waals surface area contributed by atoms with Crippen LogP contribution in [0.25, 0.3) is 21.8 Å². The number of aromatic nitrogens is 1. The van der Waals surface area contributed by atoms with Gasteiger partial charge in [-0.15, -0.1) is 0 Å². The van der Waals surface area contributed by atoms with Crippen molar-refractivity contribution in [2.24, 2.45) is 0 Å². The standard InChI is InChI=1S/C24H24N4O5S/c1-33-21-14-15(28-34(2,31)32)10-11-20(21)27-22-16-6-3-4-9-19(16)26-23-17(22)7-5-8-18(23)24(30)25-12-13-29/h3-11,14,28-29H,12-13H2,1-2H3,(H,25,30)(H,26,27). The number of carbonyl (C=O) groups is 1. The van der Waals surface area contributed by atoms with Crippen molar-refractivity contribution in [2.75, 3.05) is 36.6 Å². The maximum Gasteiger partial charge on any atom is 0.253 e. The van der Waals surface area contributed by atoms with Crippen LogP contribution in [-0.4, -0.2) is 50.9 Å². The Morgan fingerprint density at radius 3 is 2.56 bits per heavy atom. The number of anilines is 3. The molecule has 4 N–H and O–H groups in total. The second kappa shape index (κ2) is 9.54. The number of sulfonamides is 1. The molecule has 0 fully saturated rings. The lowest BCUT2D eigenvalue weighted by Gasteiger charge is -2.17. The summed E-state index contributed by atoms with van der Waals surface area (Å²) in [5.74, 6) is 0.0988. The predicted molar refractivity (Wildman–Crippen MR) is 133 cm³/mol. The number of fused-ring (bicyclic) bond motifs is 2. The number of aliphatic hydroxyl groups is 1. The molecule has 0 atom stereocenters. The van der Waals surface area contributed by atoms with Gasteiger partial charge in [-0.05, 0) is 24.3 Å². The molecule has 0 aliphatic heterocycles. The zero-order chi connectivity index (χ0) is 24.3. The molecule has 9 nitrogen and oxygen atoms in total. The Morgan fingerprint density at radius 2 is 1.82 bits per heavy atom. The Bertz CT molecular complexity index is 1490. The quantitative estimate of drug-likeness (QED) is 0.285. The van der Waals surface area contributed by atoms with E-state index in [9.17, 15) is 13.2 Å². The van der Waals surface area contributed by atoms with Gasteiger partial charge < -0.3 is 20.5 Å². The number of nitrogens with one attached hydrogen (secondary N) is 3. The van der Waals surface area contributed by atoms with Gasteiger partial charge in [0.25, 0.3) is 5.91 Å². The molecule has 0 radical (unpaired) electrons. The average molecular weight is 481 g/mol. The van der Waals surface area contributed by atoms with Crippen molar-refractivity contribution in [3.63, 3.8) is 0 Å². The lowest BCUT2D eigenvalue weighted by atomic mass is 10.0. The van der Waals surface area contributed by atoms with Gasteiger partial charge in [-0.3, -0.25) is 9.52 Å². The minimum atomic E-state index is -3.44. The van der Waals surface area contributed by atoms with Crippen LogP contribution < -0.4 is 20.1 Å². The minimum Gasteiger partial charge on any atom is -0.494 e. The number of amides is 1. The highest BCUT2D eigenvalue weighted by molar-refractivity contribution is 7.92. The third-order valence-electron chi connectivity index (χ3n) is 5.12. The monoisotopic (exact) mass is 480 g/mol. The number of methoxy groups -OCH3 is 1. The van der Waals surface area contributed by atoms with Crippen LogP contribution in [0.1, 0.15) is 10.4 Å². The smallest absolute Gasteiger partial charge is 0.253 e. The number of para-hydroxylation sites is 2. The zero-order valence-corrected chi connectivity index (χ0v) is 19.4. The first kappa shape index (κ1) is 23.3. The molecule has 4 aromatic rings. The van der Waals surface area contributed by atoms with Crippen LogP contribution in [0, 0.1) is 0 Å². The molecule has 0 aliphatic carbocycles. The number of benzene rings is 3. The zero-order valence-electron chi connectivity index (χ0n) is 18.6. The number of pyridine rings is 1. The highest BCUT2D eigenvalue weighted by atomic mass is 32.2. The first-order valence-corrected chi connectivity index (χ1v) is 12.3. The molecule has 0 bridgehead atoms. The number of hydrogen-bond donors (Lipinski definition) is 4. The van der Waals surface area contributed by atoms with Crippen molar-refractivity contribution >= 4 is 54.8 Å². The van der Waals surface area contributed by atoms with Gasteiger partial charge in [-0.2, -0.15) is 0 Å². The first-order valence-electron chi connectivity index (χ1n) is 10.4. The van der Waals surface area contributed by atoms with E-state index in [1.54, 1.807) is 30.3 Å². The number of ether oxygens (including phenoxy) is 1. The topological polar surface area (TPSA) is 130 Å². The first-order chi connectivity index (χ1) is 16.3. The molecule has 4 rings (SSSR count). The molecular formula is C24H24N4O5S. The van der Waals surface area contributed by atoms with Crippen molar-refractivity contribution in [1.82, 2.24) is 10.3 Å². The second-order valence-electron chi connectivity index (χ2n) is 7.60. The van der Waals surface area contributed by atoms with Gasteiger partial charge in [0, 0.05) is 23.4 Å². The van der Waals surface area contributed by atoms with E-state index in [-0.39, 0.29) is 19.1 Å². The van der Waals surface area contributed by atoms with Crippen molar-refractivity contribution < 1.29 is 23.1 Å². The number of hydrogen-bond acceptors (Lipinski definition) is 7. The fraction of sp³-hybridized carbons (Fsp3) is 0.167. The number of carbonyl (C=O) groups excluding carboxylic acids is 1. The Balaban J connectivity index is 1.87. The largest absolute Gasteiger partial charge is 0.494 e. The molecule has 1 aromatic heterocycles. The maximum atomic E-state index is 12.7. The summed E-state index contributed by atoms with van der Waals surface area (Å²) in [5.41, 5.74) is 3.29. The minimum absolute atomic E-state index is 0.138. The van der Waals surface area contributed by atoms with Gasteiger partial charge in [-0.25, -0.2) is 13.4 Å². The third kappa shape index (κ3) is 4.87. The molecule has 3 aromatic carbocycles. The van der Waals surface area contributed by atoms with Gasteiger partial charge >= 0.3 is 0 Å². The van der Waals surface area contributed by atoms with E-state index in [4.69, 9.17) is 14.8 Å².